The van der Waals surface area contributed by atoms with E-state index in [0.717, 1.165) is 16.6 Å². The summed E-state index contributed by atoms with van der Waals surface area (Å²) in [6.45, 7) is 2.32. The maximum Gasteiger partial charge on any atom is 0.253 e. The van der Waals surface area contributed by atoms with E-state index >= 15 is 0 Å². The van der Waals surface area contributed by atoms with Crippen molar-refractivity contribution in [1.29, 1.82) is 0 Å². The van der Waals surface area contributed by atoms with Crippen molar-refractivity contribution in [3.63, 3.8) is 0 Å². The summed E-state index contributed by atoms with van der Waals surface area (Å²) >= 11 is 19.0. The van der Waals surface area contributed by atoms with Crippen LogP contribution in [0.25, 0.3) is 11.0 Å². The number of aromatic nitrogens is 2. The Morgan fingerprint density at radius 2 is 1.57 bits per heavy atom. The van der Waals surface area contributed by atoms with E-state index in [1.54, 1.807) is 24.3 Å². The second-order valence-corrected chi connectivity index (χ2v) is 8.14. The molecule has 4 aromatic rings. The van der Waals surface area contributed by atoms with Gasteiger partial charge in [0.25, 0.3) is 5.91 Å². The number of halogens is 3. The molecule has 1 aromatic heterocycles. The van der Waals surface area contributed by atoms with Crippen LogP contribution in [0.3, 0.4) is 0 Å². The lowest BCUT2D eigenvalue weighted by Gasteiger charge is -2.18. The molecule has 0 fully saturated rings. The second-order valence-electron chi connectivity index (χ2n) is 6.92. The van der Waals surface area contributed by atoms with E-state index in [0.29, 0.717) is 33.0 Å². The first-order valence-electron chi connectivity index (χ1n) is 9.39. The van der Waals surface area contributed by atoms with Crippen LogP contribution in [0.5, 0.6) is 0 Å². The third kappa shape index (κ3) is 4.04. The molecule has 1 unspecified atom stereocenters. The van der Waals surface area contributed by atoms with Crippen LogP contribution in [-0.4, -0.2) is 15.5 Å². The van der Waals surface area contributed by atoms with Crippen LogP contribution < -0.4 is 5.32 Å². The molecule has 1 atom stereocenters. The minimum absolute atomic E-state index is 0.262. The standard InChI is InChI=1S/C23H18Cl3N3O/c1-14(27-23(30)15-7-2-3-8-17(15)24)22-28-20-11-4-5-12-21(20)29(22)13-16-18(25)9-6-10-19(16)26/h2-12,14H,13H2,1H3,(H,27,30). The van der Waals surface area contributed by atoms with Crippen LogP contribution in [0, 0.1) is 0 Å². The van der Waals surface area contributed by atoms with Crippen molar-refractivity contribution in [2.45, 2.75) is 19.5 Å². The van der Waals surface area contributed by atoms with E-state index < -0.39 is 0 Å². The Morgan fingerprint density at radius 1 is 0.933 bits per heavy atom. The molecule has 0 saturated carbocycles. The summed E-state index contributed by atoms with van der Waals surface area (Å²) in [6, 6.07) is 19.8. The minimum Gasteiger partial charge on any atom is -0.342 e. The van der Waals surface area contributed by atoms with Crippen LogP contribution >= 0.6 is 34.8 Å². The summed E-state index contributed by atoms with van der Waals surface area (Å²) in [5, 5.41) is 4.56. The lowest BCUT2D eigenvalue weighted by atomic mass is 10.2. The summed E-state index contributed by atoms with van der Waals surface area (Å²) in [6.07, 6.45) is 0. The zero-order chi connectivity index (χ0) is 21.3. The van der Waals surface area contributed by atoms with Crippen molar-refractivity contribution in [3.05, 3.63) is 98.7 Å². The Balaban J connectivity index is 1.73. The number of benzene rings is 3. The van der Waals surface area contributed by atoms with Crippen molar-refractivity contribution < 1.29 is 4.79 Å². The molecular formula is C23H18Cl3N3O. The molecule has 1 amide bonds. The van der Waals surface area contributed by atoms with E-state index in [1.807, 2.05) is 54.0 Å². The fourth-order valence-electron chi connectivity index (χ4n) is 3.42. The monoisotopic (exact) mass is 457 g/mol. The Hall–Kier alpha value is -2.53. The largest absolute Gasteiger partial charge is 0.342 e. The lowest BCUT2D eigenvalue weighted by Crippen LogP contribution is -2.29. The molecular weight excluding hydrogens is 441 g/mol. The molecule has 152 valence electrons. The van der Waals surface area contributed by atoms with Crippen LogP contribution in [0.1, 0.15) is 34.7 Å². The molecule has 0 bridgehead atoms. The predicted molar refractivity (Wildman–Crippen MR) is 123 cm³/mol. The first-order chi connectivity index (χ1) is 14.5. The van der Waals surface area contributed by atoms with Crippen molar-refractivity contribution >= 4 is 51.7 Å². The summed E-state index contributed by atoms with van der Waals surface area (Å²) in [4.78, 5) is 17.5. The smallest absolute Gasteiger partial charge is 0.253 e. The highest BCUT2D eigenvalue weighted by Crippen LogP contribution is 2.29. The van der Waals surface area contributed by atoms with Gasteiger partial charge in [-0.05, 0) is 43.3 Å². The molecule has 30 heavy (non-hydrogen) atoms. The maximum absolute atomic E-state index is 12.8. The molecule has 7 heteroatoms. The summed E-state index contributed by atoms with van der Waals surface area (Å²) in [5.41, 5.74) is 2.98. The number of para-hydroxylation sites is 2. The first kappa shape index (κ1) is 20.7. The number of imidazole rings is 1. The Labute approximate surface area is 189 Å². The van der Waals surface area contributed by atoms with Gasteiger partial charge in [-0.1, -0.05) is 65.1 Å². The average Bonchev–Trinajstić information content (AvgIpc) is 3.10. The second kappa shape index (κ2) is 8.68. The van der Waals surface area contributed by atoms with Gasteiger partial charge in [-0.25, -0.2) is 4.98 Å². The van der Waals surface area contributed by atoms with Gasteiger partial charge < -0.3 is 9.88 Å². The summed E-state index contributed by atoms with van der Waals surface area (Å²) < 4.78 is 2.03. The first-order valence-corrected chi connectivity index (χ1v) is 10.5. The minimum atomic E-state index is -0.373. The van der Waals surface area contributed by atoms with Gasteiger partial charge >= 0.3 is 0 Å². The number of rotatable bonds is 5. The third-order valence-electron chi connectivity index (χ3n) is 4.92. The summed E-state index contributed by atoms with van der Waals surface area (Å²) in [7, 11) is 0. The van der Waals surface area contributed by atoms with Gasteiger partial charge in [-0.2, -0.15) is 0 Å². The topological polar surface area (TPSA) is 46.9 Å². The zero-order valence-electron chi connectivity index (χ0n) is 16.1. The van der Waals surface area contributed by atoms with Crippen molar-refractivity contribution in [2.75, 3.05) is 0 Å². The number of hydrogen-bond acceptors (Lipinski definition) is 2. The normalized spacial score (nSPS) is 12.1. The van der Waals surface area contributed by atoms with Crippen LogP contribution in [0.2, 0.25) is 15.1 Å². The number of carbonyl (C=O) groups excluding carboxylic acids is 1. The van der Waals surface area contributed by atoms with Gasteiger partial charge in [0.15, 0.2) is 0 Å². The van der Waals surface area contributed by atoms with E-state index in [9.17, 15) is 4.79 Å². The Kier molecular flexibility index (Phi) is 6.00. The van der Waals surface area contributed by atoms with Crippen LogP contribution in [-0.2, 0) is 6.54 Å². The maximum atomic E-state index is 12.8. The SMILES string of the molecule is CC(NC(=O)c1ccccc1Cl)c1nc2ccccc2n1Cc1c(Cl)cccc1Cl. The van der Waals surface area contributed by atoms with Gasteiger partial charge in [-0.15, -0.1) is 0 Å². The van der Waals surface area contributed by atoms with Crippen molar-refractivity contribution in [1.82, 2.24) is 14.9 Å². The van der Waals surface area contributed by atoms with Gasteiger partial charge in [0.2, 0.25) is 0 Å². The van der Waals surface area contributed by atoms with E-state index in [1.165, 1.54) is 0 Å². The number of hydrogen-bond donors (Lipinski definition) is 1. The van der Waals surface area contributed by atoms with Crippen LogP contribution in [0.15, 0.2) is 66.7 Å². The molecule has 1 N–H and O–H groups in total. The van der Waals surface area contributed by atoms with Gasteiger partial charge in [0.1, 0.15) is 5.82 Å². The molecule has 0 aliphatic heterocycles. The molecule has 0 radical (unpaired) electrons. The number of carbonyl (C=O) groups is 1. The highest BCUT2D eigenvalue weighted by molar-refractivity contribution is 6.36. The lowest BCUT2D eigenvalue weighted by molar-refractivity contribution is 0.0938. The highest BCUT2D eigenvalue weighted by atomic mass is 35.5. The molecule has 3 aromatic carbocycles. The van der Waals surface area contributed by atoms with E-state index in [-0.39, 0.29) is 11.9 Å². The van der Waals surface area contributed by atoms with E-state index in [4.69, 9.17) is 39.8 Å². The molecule has 0 saturated heterocycles. The number of amides is 1. The number of fused-ring (bicyclic) bond motifs is 1. The molecule has 0 aliphatic carbocycles. The van der Waals surface area contributed by atoms with Crippen molar-refractivity contribution in [2.24, 2.45) is 0 Å². The van der Waals surface area contributed by atoms with E-state index in [2.05, 4.69) is 5.32 Å². The third-order valence-corrected chi connectivity index (χ3v) is 5.95. The molecule has 0 spiro atoms. The molecule has 4 nitrogen and oxygen atoms in total. The fraction of sp³-hybridized carbons (Fsp3) is 0.130. The van der Waals surface area contributed by atoms with Crippen molar-refractivity contribution in [3.8, 4) is 0 Å². The van der Waals surface area contributed by atoms with Gasteiger partial charge in [0, 0.05) is 15.6 Å². The Bertz CT molecular complexity index is 1220. The predicted octanol–water partition coefficient (Wildman–Crippen LogP) is 6.54. The van der Waals surface area contributed by atoms with Gasteiger partial charge in [0.05, 0.1) is 34.2 Å². The summed E-state index contributed by atoms with van der Waals surface area (Å²) in [5.74, 6) is 0.440. The fourth-order valence-corrected chi connectivity index (χ4v) is 4.16. The highest BCUT2D eigenvalue weighted by Gasteiger charge is 2.21. The molecule has 4 rings (SSSR count). The quantitative estimate of drug-likeness (QED) is 0.369. The molecule has 0 aliphatic rings. The zero-order valence-corrected chi connectivity index (χ0v) is 18.3. The average molecular weight is 459 g/mol. The number of nitrogens with zero attached hydrogens (tertiary/aromatic N) is 2. The Morgan fingerprint density at radius 3 is 2.30 bits per heavy atom. The number of nitrogens with one attached hydrogen (secondary N) is 1. The van der Waals surface area contributed by atoms with Gasteiger partial charge in [-0.3, -0.25) is 4.79 Å². The molecule has 1 heterocycles. The van der Waals surface area contributed by atoms with Crippen LogP contribution in [0.4, 0.5) is 0 Å².